The number of nitrogens with one attached hydrogen (secondary N) is 1. The molecule has 2 fully saturated rings. The van der Waals surface area contributed by atoms with Crippen molar-refractivity contribution in [2.24, 2.45) is 17.6 Å². The lowest BCUT2D eigenvalue weighted by Gasteiger charge is -2.45. The predicted octanol–water partition coefficient (Wildman–Crippen LogP) is 2.03. The van der Waals surface area contributed by atoms with Crippen molar-refractivity contribution in [2.45, 2.75) is 51.1 Å². The van der Waals surface area contributed by atoms with E-state index < -0.39 is 0 Å². The van der Waals surface area contributed by atoms with E-state index in [1.165, 1.54) is 19.3 Å². The molecule has 3 N–H and O–H groups in total. The molecule has 0 radical (unpaired) electrons. The van der Waals surface area contributed by atoms with E-state index in [9.17, 15) is 4.79 Å². The zero-order chi connectivity index (χ0) is 14.1. The number of aryl methyl sites for hydroxylation is 1. The van der Waals surface area contributed by atoms with Gasteiger partial charge >= 0.3 is 0 Å². The van der Waals surface area contributed by atoms with E-state index in [1.807, 2.05) is 19.1 Å². The Balaban J connectivity index is 1.70. The molecule has 1 amide bonds. The first-order chi connectivity index (χ1) is 9.63. The topological polar surface area (TPSA) is 68.0 Å². The average molecular weight is 273 g/mol. The second-order valence-electron chi connectivity index (χ2n) is 6.37. The highest BCUT2D eigenvalue weighted by Gasteiger charge is 2.39. The number of hydrogen-bond donors (Lipinski definition) is 2. The van der Waals surface area contributed by atoms with Crippen LogP contribution in [0.2, 0.25) is 0 Å². The van der Waals surface area contributed by atoms with Crippen LogP contribution in [0.25, 0.3) is 0 Å². The SMILES string of the molecule is Cc1ccc(C(=O)NC2C3CCCC2CC(N)C3)cn1. The molecule has 0 aliphatic heterocycles. The summed E-state index contributed by atoms with van der Waals surface area (Å²) in [5, 5.41) is 3.24. The van der Waals surface area contributed by atoms with Gasteiger partial charge in [0.25, 0.3) is 5.91 Å². The summed E-state index contributed by atoms with van der Waals surface area (Å²) in [4.78, 5) is 16.6. The fourth-order valence-electron chi connectivity index (χ4n) is 3.86. The van der Waals surface area contributed by atoms with E-state index in [4.69, 9.17) is 5.73 Å². The summed E-state index contributed by atoms with van der Waals surface area (Å²) in [7, 11) is 0. The Morgan fingerprint density at radius 1 is 1.30 bits per heavy atom. The maximum Gasteiger partial charge on any atom is 0.253 e. The highest BCUT2D eigenvalue weighted by molar-refractivity contribution is 5.94. The lowest BCUT2D eigenvalue weighted by molar-refractivity contribution is 0.0755. The molecule has 0 spiro atoms. The van der Waals surface area contributed by atoms with Gasteiger partial charge in [-0.2, -0.15) is 0 Å². The first-order valence-electron chi connectivity index (χ1n) is 7.62. The van der Waals surface area contributed by atoms with E-state index in [0.29, 0.717) is 29.5 Å². The van der Waals surface area contributed by atoms with Crippen LogP contribution in [0.5, 0.6) is 0 Å². The molecule has 2 unspecified atom stereocenters. The van der Waals surface area contributed by atoms with Crippen LogP contribution >= 0.6 is 0 Å². The minimum Gasteiger partial charge on any atom is -0.349 e. The van der Waals surface area contributed by atoms with Crippen LogP contribution in [0.15, 0.2) is 18.3 Å². The van der Waals surface area contributed by atoms with Crippen molar-refractivity contribution in [3.05, 3.63) is 29.6 Å². The maximum absolute atomic E-state index is 12.4. The number of nitrogens with zero attached hydrogens (tertiary/aromatic N) is 1. The van der Waals surface area contributed by atoms with Gasteiger partial charge in [0.1, 0.15) is 0 Å². The van der Waals surface area contributed by atoms with Crippen molar-refractivity contribution in [3.8, 4) is 0 Å². The van der Waals surface area contributed by atoms with E-state index in [0.717, 1.165) is 18.5 Å². The van der Waals surface area contributed by atoms with E-state index in [1.54, 1.807) is 6.20 Å². The van der Waals surface area contributed by atoms with Crippen LogP contribution < -0.4 is 11.1 Å². The molecule has 2 bridgehead atoms. The summed E-state index contributed by atoms with van der Waals surface area (Å²) < 4.78 is 0. The van der Waals surface area contributed by atoms with Gasteiger partial charge in [-0.3, -0.25) is 9.78 Å². The minimum absolute atomic E-state index is 0.00914. The molecule has 4 heteroatoms. The van der Waals surface area contributed by atoms with Crippen molar-refractivity contribution in [1.29, 1.82) is 0 Å². The number of amides is 1. The monoisotopic (exact) mass is 273 g/mol. The Labute approximate surface area is 120 Å². The fraction of sp³-hybridized carbons (Fsp3) is 0.625. The quantitative estimate of drug-likeness (QED) is 0.866. The predicted molar refractivity (Wildman–Crippen MR) is 78.3 cm³/mol. The van der Waals surface area contributed by atoms with Gasteiger partial charge in [-0.05, 0) is 56.6 Å². The molecule has 0 saturated heterocycles. The molecule has 20 heavy (non-hydrogen) atoms. The molecule has 1 aromatic heterocycles. The van der Waals surface area contributed by atoms with Crippen molar-refractivity contribution in [3.63, 3.8) is 0 Å². The molecular weight excluding hydrogens is 250 g/mol. The summed E-state index contributed by atoms with van der Waals surface area (Å²) in [6.07, 6.45) is 7.43. The van der Waals surface area contributed by atoms with E-state index in [-0.39, 0.29) is 5.91 Å². The first-order valence-corrected chi connectivity index (χ1v) is 7.62. The van der Waals surface area contributed by atoms with Gasteiger partial charge in [-0.15, -0.1) is 0 Å². The average Bonchev–Trinajstić information content (AvgIpc) is 2.40. The number of pyridine rings is 1. The highest BCUT2D eigenvalue weighted by Crippen LogP contribution is 2.39. The summed E-state index contributed by atoms with van der Waals surface area (Å²) >= 11 is 0. The van der Waals surface area contributed by atoms with Gasteiger partial charge in [0, 0.05) is 24.0 Å². The number of fused-ring (bicyclic) bond motifs is 2. The molecule has 108 valence electrons. The molecule has 2 atom stereocenters. The Hall–Kier alpha value is -1.42. The maximum atomic E-state index is 12.4. The molecule has 2 saturated carbocycles. The number of carbonyl (C=O) groups is 1. The number of aromatic nitrogens is 1. The zero-order valence-corrected chi connectivity index (χ0v) is 12.0. The third-order valence-electron chi connectivity index (χ3n) is 4.85. The van der Waals surface area contributed by atoms with Gasteiger partial charge in [0.15, 0.2) is 0 Å². The lowest BCUT2D eigenvalue weighted by Crippen LogP contribution is -2.53. The van der Waals surface area contributed by atoms with Crippen LogP contribution in [0, 0.1) is 18.8 Å². The van der Waals surface area contributed by atoms with Crippen LogP contribution in [0.3, 0.4) is 0 Å². The van der Waals surface area contributed by atoms with Crippen molar-refractivity contribution < 1.29 is 4.79 Å². The zero-order valence-electron chi connectivity index (χ0n) is 12.0. The standard InChI is InChI=1S/C16H23N3O/c1-10-5-6-13(9-18-10)16(20)19-15-11-3-2-4-12(15)8-14(17)7-11/h5-6,9,11-12,14-15H,2-4,7-8,17H2,1H3,(H,19,20). The first kappa shape index (κ1) is 13.6. The second kappa shape index (κ2) is 5.52. The summed E-state index contributed by atoms with van der Waals surface area (Å²) in [5.41, 5.74) is 7.71. The normalized spacial score (nSPS) is 32.7. The number of nitrogens with two attached hydrogens (primary N) is 1. The van der Waals surface area contributed by atoms with Gasteiger partial charge in [0.05, 0.1) is 5.56 Å². The van der Waals surface area contributed by atoms with Crippen LogP contribution in [-0.4, -0.2) is 23.0 Å². The highest BCUT2D eigenvalue weighted by atomic mass is 16.1. The fourth-order valence-corrected chi connectivity index (χ4v) is 3.86. The summed E-state index contributed by atoms with van der Waals surface area (Å²) in [5.74, 6) is 1.12. The Bertz CT molecular complexity index is 471. The molecule has 4 nitrogen and oxygen atoms in total. The number of hydrogen-bond acceptors (Lipinski definition) is 3. The van der Waals surface area contributed by atoms with Gasteiger partial charge < -0.3 is 11.1 Å². The third-order valence-corrected chi connectivity index (χ3v) is 4.85. The lowest BCUT2D eigenvalue weighted by atomic mass is 9.67. The molecule has 1 heterocycles. The largest absolute Gasteiger partial charge is 0.349 e. The van der Waals surface area contributed by atoms with Gasteiger partial charge in [-0.25, -0.2) is 0 Å². The third kappa shape index (κ3) is 2.70. The minimum atomic E-state index is 0.00914. The number of rotatable bonds is 2. The van der Waals surface area contributed by atoms with Crippen LogP contribution in [-0.2, 0) is 0 Å². The van der Waals surface area contributed by atoms with Crippen LogP contribution in [0.1, 0.15) is 48.2 Å². The van der Waals surface area contributed by atoms with Gasteiger partial charge in [0.2, 0.25) is 0 Å². The summed E-state index contributed by atoms with van der Waals surface area (Å²) in [6, 6.07) is 4.35. The van der Waals surface area contributed by atoms with Gasteiger partial charge in [-0.1, -0.05) is 6.42 Å². The Morgan fingerprint density at radius 3 is 2.60 bits per heavy atom. The second-order valence-corrected chi connectivity index (χ2v) is 6.37. The molecule has 3 rings (SSSR count). The Kier molecular flexibility index (Phi) is 3.74. The summed E-state index contributed by atoms with van der Waals surface area (Å²) in [6.45, 7) is 1.93. The molecule has 2 aliphatic carbocycles. The van der Waals surface area contributed by atoms with Crippen LogP contribution in [0.4, 0.5) is 0 Å². The number of carbonyl (C=O) groups excluding carboxylic acids is 1. The van der Waals surface area contributed by atoms with Crippen molar-refractivity contribution >= 4 is 5.91 Å². The van der Waals surface area contributed by atoms with Crippen molar-refractivity contribution in [1.82, 2.24) is 10.3 Å². The van der Waals surface area contributed by atoms with Crippen molar-refractivity contribution in [2.75, 3.05) is 0 Å². The molecule has 2 aliphatic rings. The molecular formula is C16H23N3O. The van der Waals surface area contributed by atoms with E-state index >= 15 is 0 Å². The molecule has 0 aromatic carbocycles. The van der Waals surface area contributed by atoms with E-state index in [2.05, 4.69) is 10.3 Å². The Morgan fingerprint density at radius 2 is 2.00 bits per heavy atom. The molecule has 1 aromatic rings. The smallest absolute Gasteiger partial charge is 0.253 e.